The third-order valence-corrected chi connectivity index (χ3v) is 13.3. The fourth-order valence-corrected chi connectivity index (χ4v) is 5.48. The first-order valence-corrected chi connectivity index (χ1v) is 16.8. The number of carbonyl (C=O) groups excluding carboxylic acids is 2. The van der Waals surface area contributed by atoms with Crippen LogP contribution >= 0.6 is 7.60 Å². The molecule has 1 unspecified atom stereocenters. The monoisotopic (exact) mass is 576 g/mol. The van der Waals surface area contributed by atoms with Crippen LogP contribution in [0.3, 0.4) is 0 Å². The number of nitro benzene ring substituents is 1. The highest BCUT2D eigenvalue weighted by molar-refractivity contribution is 7.55. The zero-order chi connectivity index (χ0) is 29.3. The minimum atomic E-state index is -4.18. The molecule has 1 amide bonds. The number of nitro groups is 1. The molecular formula is C24H41N2O10PSi. The van der Waals surface area contributed by atoms with Crippen LogP contribution in [0.25, 0.3) is 0 Å². The van der Waals surface area contributed by atoms with Crippen LogP contribution in [0.1, 0.15) is 46.1 Å². The van der Waals surface area contributed by atoms with Gasteiger partial charge in [0.1, 0.15) is 6.61 Å². The Morgan fingerprint density at radius 3 is 2.16 bits per heavy atom. The first kappa shape index (κ1) is 33.9. The number of ether oxygens (including phenoxy) is 1. The molecule has 3 atom stereocenters. The second kappa shape index (κ2) is 14.3. The van der Waals surface area contributed by atoms with E-state index in [1.54, 1.807) is 6.92 Å². The number of aliphatic hydroxyl groups is 1. The van der Waals surface area contributed by atoms with Crippen molar-refractivity contribution in [3.63, 3.8) is 0 Å². The number of hydrogen-bond acceptors (Lipinski definition) is 10. The van der Waals surface area contributed by atoms with Crippen LogP contribution < -0.4 is 5.32 Å². The van der Waals surface area contributed by atoms with E-state index >= 15 is 0 Å². The summed E-state index contributed by atoms with van der Waals surface area (Å²) in [5.41, 5.74) is 0.301. The van der Waals surface area contributed by atoms with E-state index in [2.05, 4.69) is 39.2 Å². The van der Waals surface area contributed by atoms with E-state index in [4.69, 9.17) is 18.2 Å². The van der Waals surface area contributed by atoms with Crippen LogP contribution in [0.4, 0.5) is 5.69 Å². The van der Waals surface area contributed by atoms with Crippen molar-refractivity contribution < 1.29 is 42.4 Å². The number of amides is 1. The summed E-state index contributed by atoms with van der Waals surface area (Å²) in [6.07, 6.45) is -0.645. The zero-order valence-electron chi connectivity index (χ0n) is 23.4. The molecule has 1 rings (SSSR count). The van der Waals surface area contributed by atoms with Gasteiger partial charge in [-0.05, 0) is 48.7 Å². The molecule has 1 aromatic carbocycles. The van der Waals surface area contributed by atoms with E-state index in [0.717, 1.165) is 14.2 Å². The Labute approximate surface area is 225 Å². The molecule has 0 radical (unpaired) electrons. The van der Waals surface area contributed by atoms with Crippen molar-refractivity contribution >= 4 is 33.5 Å². The molecule has 1 aromatic rings. The summed E-state index contributed by atoms with van der Waals surface area (Å²) in [5.74, 6) is -4.54. The average Bonchev–Trinajstić information content (AvgIpc) is 2.85. The number of esters is 1. The average molecular weight is 577 g/mol. The first-order valence-electron chi connectivity index (χ1n) is 12.3. The Bertz CT molecular complexity index is 989. The van der Waals surface area contributed by atoms with Crippen molar-refractivity contribution in [2.45, 2.75) is 77.2 Å². The molecule has 0 aliphatic carbocycles. The minimum absolute atomic E-state index is 0.0109. The van der Waals surface area contributed by atoms with Crippen LogP contribution in [-0.2, 0) is 39.0 Å². The van der Waals surface area contributed by atoms with Crippen LogP contribution in [0.15, 0.2) is 24.3 Å². The summed E-state index contributed by atoms with van der Waals surface area (Å²) in [6, 6.07) is 5.31. The van der Waals surface area contributed by atoms with E-state index in [1.807, 2.05) is 0 Å². The predicted molar refractivity (Wildman–Crippen MR) is 144 cm³/mol. The lowest BCUT2D eigenvalue weighted by molar-refractivity contribution is -0.384. The van der Waals surface area contributed by atoms with Crippen molar-refractivity contribution in [1.29, 1.82) is 0 Å². The summed E-state index contributed by atoms with van der Waals surface area (Å²) >= 11 is 0. The summed E-state index contributed by atoms with van der Waals surface area (Å²) < 4.78 is 34.3. The molecule has 0 fully saturated rings. The number of benzene rings is 1. The Kier molecular flexibility index (Phi) is 12.7. The van der Waals surface area contributed by atoms with Gasteiger partial charge in [0.2, 0.25) is 11.7 Å². The highest BCUT2D eigenvalue weighted by atomic mass is 31.2. The maximum atomic E-state index is 13.1. The number of carbonyl (C=O) groups is 2. The fraction of sp³-hybridized carbons (Fsp3) is 0.667. The number of hydrogen-bond donors (Lipinski definition) is 2. The normalized spacial score (nSPS) is 14.9. The molecule has 38 heavy (non-hydrogen) atoms. The fourth-order valence-electron chi connectivity index (χ4n) is 3.23. The number of aliphatic hydroxyl groups excluding tert-OH is 1. The van der Waals surface area contributed by atoms with E-state index in [0.29, 0.717) is 5.56 Å². The van der Waals surface area contributed by atoms with Gasteiger partial charge in [-0.25, -0.2) is 4.79 Å². The van der Waals surface area contributed by atoms with E-state index in [9.17, 15) is 29.4 Å². The summed E-state index contributed by atoms with van der Waals surface area (Å²) in [5, 5.41) is 23.9. The second-order valence-corrected chi connectivity index (χ2v) is 17.5. The third-order valence-electron chi connectivity index (χ3n) is 6.78. The molecule has 216 valence electrons. The van der Waals surface area contributed by atoms with Gasteiger partial charge in [0.25, 0.3) is 5.69 Å². The zero-order valence-corrected chi connectivity index (χ0v) is 25.3. The highest BCUT2D eigenvalue weighted by Crippen LogP contribution is 2.51. The highest BCUT2D eigenvalue weighted by Gasteiger charge is 2.44. The Balaban J connectivity index is 2.95. The van der Waals surface area contributed by atoms with Crippen LogP contribution in [0.2, 0.25) is 18.1 Å². The molecule has 12 nitrogen and oxygen atoms in total. The van der Waals surface area contributed by atoms with Crippen LogP contribution in [0, 0.1) is 16.0 Å². The molecule has 0 aromatic heterocycles. The summed E-state index contributed by atoms with van der Waals surface area (Å²) in [4.78, 5) is 36.2. The molecule has 0 saturated heterocycles. The maximum Gasteiger partial charge on any atom is 0.363 e. The molecule has 0 aliphatic heterocycles. The smallest absolute Gasteiger partial charge is 0.363 e. The van der Waals surface area contributed by atoms with Gasteiger partial charge in [-0.3, -0.25) is 19.5 Å². The minimum Gasteiger partial charge on any atom is -0.459 e. The van der Waals surface area contributed by atoms with E-state index < -0.39 is 50.5 Å². The van der Waals surface area contributed by atoms with Gasteiger partial charge >= 0.3 is 13.6 Å². The largest absolute Gasteiger partial charge is 0.459 e. The molecule has 14 heteroatoms. The quantitative estimate of drug-likeness (QED) is 0.101. The Morgan fingerprint density at radius 2 is 1.71 bits per heavy atom. The predicted octanol–water partition coefficient (Wildman–Crippen LogP) is 4.37. The Hall–Kier alpha value is -2.15. The SMILES string of the molecule is CC[C@@H](C(=O)NC(C(=O)OCc1ccc([N+](=O)[O-])cc1)P(=O)(OC)OC)[C@@H](O)CCO[Si](C)(C)C(C)(C)C. The van der Waals surface area contributed by atoms with E-state index in [-0.39, 0.29) is 36.8 Å². The first-order chi connectivity index (χ1) is 17.5. The van der Waals surface area contributed by atoms with Crippen molar-refractivity contribution in [1.82, 2.24) is 5.32 Å². The number of nitrogens with one attached hydrogen (secondary N) is 1. The van der Waals surface area contributed by atoms with Gasteiger partial charge in [0.05, 0.1) is 16.9 Å². The number of nitrogens with zero attached hydrogens (tertiary/aromatic N) is 1. The second-order valence-electron chi connectivity index (χ2n) is 10.3. The maximum absolute atomic E-state index is 13.1. The molecule has 0 heterocycles. The summed E-state index contributed by atoms with van der Waals surface area (Å²) in [6.45, 7) is 12.1. The topological polar surface area (TPSA) is 164 Å². The summed E-state index contributed by atoms with van der Waals surface area (Å²) in [7, 11) is -4.09. The number of non-ortho nitro benzene ring substituents is 1. The van der Waals surface area contributed by atoms with Crippen LogP contribution in [0.5, 0.6) is 0 Å². The number of rotatable bonds is 15. The van der Waals surface area contributed by atoms with Gasteiger partial charge in [-0.1, -0.05) is 27.7 Å². The van der Waals surface area contributed by atoms with E-state index in [1.165, 1.54) is 24.3 Å². The lowest BCUT2D eigenvalue weighted by atomic mass is 9.96. The van der Waals surface area contributed by atoms with Crippen molar-refractivity contribution in [2.75, 3.05) is 20.8 Å². The molecular weight excluding hydrogens is 535 g/mol. The van der Waals surface area contributed by atoms with Crippen LogP contribution in [-0.4, -0.2) is 62.9 Å². The molecule has 2 N–H and O–H groups in total. The van der Waals surface area contributed by atoms with Gasteiger partial charge < -0.3 is 28.6 Å². The Morgan fingerprint density at radius 1 is 1.16 bits per heavy atom. The molecule has 0 aliphatic rings. The standard InChI is InChI=1S/C24H41N2O10PSi/c1-9-19(20(27)14-15-36-38(7,8)24(2,3)4)21(28)25-22(37(32,33-5)34-6)23(29)35-16-17-10-12-18(13-11-17)26(30)31/h10-13,19-20,22,27H,9,14-16H2,1-8H3,(H,25,28)/t19-,20+,22?/m1/s1. The van der Waals surface area contributed by atoms with Gasteiger partial charge in [-0.15, -0.1) is 0 Å². The lowest BCUT2D eigenvalue weighted by Gasteiger charge is -2.36. The van der Waals surface area contributed by atoms with Gasteiger partial charge in [-0.2, -0.15) is 0 Å². The lowest BCUT2D eigenvalue weighted by Crippen LogP contribution is -2.47. The molecule has 0 saturated carbocycles. The third kappa shape index (κ3) is 9.25. The van der Waals surface area contributed by atoms with Crippen molar-refractivity contribution in [3.05, 3.63) is 39.9 Å². The molecule has 0 bridgehead atoms. The van der Waals surface area contributed by atoms with Gasteiger partial charge in [0, 0.05) is 33.0 Å². The van der Waals surface area contributed by atoms with Crippen molar-refractivity contribution in [3.8, 4) is 0 Å². The van der Waals surface area contributed by atoms with Gasteiger partial charge in [0.15, 0.2) is 8.32 Å². The molecule has 0 spiro atoms. The van der Waals surface area contributed by atoms with Crippen molar-refractivity contribution in [2.24, 2.45) is 5.92 Å².